The minimum absolute atomic E-state index is 0.487. The molecule has 2 heteroatoms. The summed E-state index contributed by atoms with van der Waals surface area (Å²) < 4.78 is 0. The van der Waals surface area contributed by atoms with Crippen molar-refractivity contribution in [3.8, 4) is 0 Å². The molecule has 3 unspecified atom stereocenters. The summed E-state index contributed by atoms with van der Waals surface area (Å²) in [6, 6.07) is 0. The van der Waals surface area contributed by atoms with Crippen LogP contribution in [0.15, 0.2) is 0 Å². The van der Waals surface area contributed by atoms with E-state index in [0.717, 1.165) is 24.3 Å². The van der Waals surface area contributed by atoms with Crippen LogP contribution < -0.4 is 5.73 Å². The molecule has 0 bridgehead atoms. The van der Waals surface area contributed by atoms with Gasteiger partial charge in [0.1, 0.15) is 0 Å². The molecular weight excluding hydrogens is 244 g/mol. The first kappa shape index (κ1) is 16.3. The van der Waals surface area contributed by atoms with E-state index in [1.807, 2.05) is 0 Å². The van der Waals surface area contributed by atoms with Gasteiger partial charge in [-0.2, -0.15) is 0 Å². The molecule has 20 heavy (non-hydrogen) atoms. The second-order valence-electron chi connectivity index (χ2n) is 8.33. The van der Waals surface area contributed by atoms with Gasteiger partial charge in [0.05, 0.1) is 0 Å². The Kier molecular flexibility index (Phi) is 5.92. The van der Waals surface area contributed by atoms with Crippen LogP contribution in [-0.4, -0.2) is 31.1 Å². The van der Waals surface area contributed by atoms with Crippen LogP contribution in [0.2, 0.25) is 0 Å². The number of nitrogens with zero attached hydrogens (tertiary/aromatic N) is 1. The average molecular weight is 280 g/mol. The molecule has 1 aliphatic heterocycles. The fourth-order valence-electron chi connectivity index (χ4n) is 4.37. The van der Waals surface area contributed by atoms with E-state index in [2.05, 4.69) is 25.7 Å². The predicted molar refractivity (Wildman–Crippen MR) is 87.7 cm³/mol. The van der Waals surface area contributed by atoms with Crippen LogP contribution in [0, 0.1) is 23.2 Å². The summed E-state index contributed by atoms with van der Waals surface area (Å²) in [5.74, 6) is 2.58. The molecule has 2 N–H and O–H groups in total. The fraction of sp³-hybridized carbons (Fsp3) is 1.00. The lowest BCUT2D eigenvalue weighted by Gasteiger charge is -2.35. The highest BCUT2D eigenvalue weighted by molar-refractivity contribution is 4.82. The van der Waals surface area contributed by atoms with Gasteiger partial charge in [0.15, 0.2) is 0 Å². The SMILES string of the molecule is CC(C)(C)C1CCCN(CC2CCCCC2CN)CC1. The molecule has 1 heterocycles. The normalized spacial score (nSPS) is 33.9. The summed E-state index contributed by atoms with van der Waals surface area (Å²) in [5, 5.41) is 0. The third kappa shape index (κ3) is 4.46. The van der Waals surface area contributed by atoms with E-state index in [1.165, 1.54) is 64.6 Å². The van der Waals surface area contributed by atoms with Gasteiger partial charge >= 0.3 is 0 Å². The van der Waals surface area contributed by atoms with Crippen LogP contribution in [0.4, 0.5) is 0 Å². The van der Waals surface area contributed by atoms with Gasteiger partial charge in [0.25, 0.3) is 0 Å². The monoisotopic (exact) mass is 280 g/mol. The minimum Gasteiger partial charge on any atom is -0.330 e. The summed E-state index contributed by atoms with van der Waals surface area (Å²) in [6.45, 7) is 12.1. The van der Waals surface area contributed by atoms with E-state index in [-0.39, 0.29) is 0 Å². The molecule has 118 valence electrons. The van der Waals surface area contributed by atoms with Crippen LogP contribution in [-0.2, 0) is 0 Å². The van der Waals surface area contributed by atoms with E-state index in [9.17, 15) is 0 Å². The molecular formula is C18H36N2. The van der Waals surface area contributed by atoms with Crippen molar-refractivity contribution in [2.45, 2.75) is 65.7 Å². The maximum Gasteiger partial charge on any atom is 0.00128 e. The second kappa shape index (κ2) is 7.26. The van der Waals surface area contributed by atoms with Crippen molar-refractivity contribution < 1.29 is 0 Å². The molecule has 0 amide bonds. The number of hydrogen-bond donors (Lipinski definition) is 1. The Morgan fingerprint density at radius 2 is 1.60 bits per heavy atom. The summed E-state index contributed by atoms with van der Waals surface area (Å²) in [6.07, 6.45) is 9.83. The number of hydrogen-bond acceptors (Lipinski definition) is 2. The molecule has 0 spiro atoms. The third-order valence-electron chi connectivity index (χ3n) is 5.91. The molecule has 1 aliphatic carbocycles. The molecule has 0 aromatic rings. The Hall–Kier alpha value is -0.0800. The van der Waals surface area contributed by atoms with Gasteiger partial charge in [0, 0.05) is 6.54 Å². The Morgan fingerprint density at radius 3 is 2.25 bits per heavy atom. The highest BCUT2D eigenvalue weighted by Gasteiger charge is 2.30. The van der Waals surface area contributed by atoms with E-state index in [1.54, 1.807) is 0 Å². The van der Waals surface area contributed by atoms with Gasteiger partial charge in [-0.25, -0.2) is 0 Å². The maximum atomic E-state index is 5.99. The Labute approximate surface area is 126 Å². The molecule has 2 rings (SSSR count). The average Bonchev–Trinajstić information content (AvgIpc) is 2.64. The smallest absolute Gasteiger partial charge is 0.00128 e. The van der Waals surface area contributed by atoms with Crippen LogP contribution in [0.3, 0.4) is 0 Å². The topological polar surface area (TPSA) is 29.3 Å². The van der Waals surface area contributed by atoms with Crippen molar-refractivity contribution in [2.24, 2.45) is 28.9 Å². The van der Waals surface area contributed by atoms with E-state index in [4.69, 9.17) is 5.73 Å². The van der Waals surface area contributed by atoms with Crippen molar-refractivity contribution in [3.63, 3.8) is 0 Å². The standard InChI is InChI=1S/C18H36N2/c1-18(2,3)17-9-6-11-20(12-10-17)14-16-8-5-4-7-15(16)13-19/h15-17H,4-14,19H2,1-3H3. The van der Waals surface area contributed by atoms with Crippen LogP contribution in [0.5, 0.6) is 0 Å². The highest BCUT2D eigenvalue weighted by atomic mass is 15.1. The van der Waals surface area contributed by atoms with E-state index >= 15 is 0 Å². The zero-order valence-electron chi connectivity index (χ0n) is 14.0. The maximum absolute atomic E-state index is 5.99. The quantitative estimate of drug-likeness (QED) is 0.849. The van der Waals surface area contributed by atoms with Crippen molar-refractivity contribution in [1.29, 1.82) is 0 Å². The molecule has 1 saturated carbocycles. The number of likely N-dealkylation sites (tertiary alicyclic amines) is 1. The van der Waals surface area contributed by atoms with Gasteiger partial charge < -0.3 is 10.6 Å². The largest absolute Gasteiger partial charge is 0.330 e. The zero-order chi connectivity index (χ0) is 14.6. The first-order valence-electron chi connectivity index (χ1n) is 8.93. The van der Waals surface area contributed by atoms with Crippen molar-refractivity contribution >= 4 is 0 Å². The van der Waals surface area contributed by atoms with E-state index < -0.39 is 0 Å². The highest BCUT2D eigenvalue weighted by Crippen LogP contribution is 2.35. The lowest BCUT2D eigenvalue weighted by molar-refractivity contribution is 0.151. The molecule has 2 aliphatic rings. The molecule has 2 nitrogen and oxygen atoms in total. The fourth-order valence-corrected chi connectivity index (χ4v) is 4.37. The Morgan fingerprint density at radius 1 is 0.900 bits per heavy atom. The zero-order valence-corrected chi connectivity index (χ0v) is 14.0. The first-order valence-corrected chi connectivity index (χ1v) is 8.93. The first-order chi connectivity index (χ1) is 9.50. The minimum atomic E-state index is 0.487. The molecule has 1 saturated heterocycles. The number of nitrogens with two attached hydrogens (primary N) is 1. The summed E-state index contributed by atoms with van der Waals surface area (Å²) in [7, 11) is 0. The van der Waals surface area contributed by atoms with Gasteiger partial charge in [-0.3, -0.25) is 0 Å². The second-order valence-corrected chi connectivity index (χ2v) is 8.33. The Bertz CT molecular complexity index is 282. The molecule has 3 atom stereocenters. The van der Waals surface area contributed by atoms with Gasteiger partial charge in [0.2, 0.25) is 0 Å². The predicted octanol–water partition coefficient (Wildman–Crippen LogP) is 3.90. The Balaban J connectivity index is 1.84. The van der Waals surface area contributed by atoms with Crippen LogP contribution in [0.1, 0.15) is 65.7 Å². The van der Waals surface area contributed by atoms with Crippen LogP contribution >= 0.6 is 0 Å². The van der Waals surface area contributed by atoms with Gasteiger partial charge in [-0.1, -0.05) is 33.6 Å². The third-order valence-corrected chi connectivity index (χ3v) is 5.91. The van der Waals surface area contributed by atoms with Gasteiger partial charge in [-0.15, -0.1) is 0 Å². The van der Waals surface area contributed by atoms with Crippen molar-refractivity contribution in [2.75, 3.05) is 26.2 Å². The summed E-state index contributed by atoms with van der Waals surface area (Å²) in [4.78, 5) is 2.75. The van der Waals surface area contributed by atoms with E-state index in [0.29, 0.717) is 5.41 Å². The van der Waals surface area contributed by atoms with Gasteiger partial charge in [-0.05, 0) is 74.9 Å². The van der Waals surface area contributed by atoms with Crippen molar-refractivity contribution in [3.05, 3.63) is 0 Å². The molecule has 0 aromatic carbocycles. The van der Waals surface area contributed by atoms with Crippen molar-refractivity contribution in [1.82, 2.24) is 4.90 Å². The molecule has 0 radical (unpaired) electrons. The molecule has 2 fully saturated rings. The lowest BCUT2D eigenvalue weighted by atomic mass is 9.76. The summed E-state index contributed by atoms with van der Waals surface area (Å²) >= 11 is 0. The molecule has 0 aromatic heterocycles. The number of rotatable bonds is 3. The van der Waals surface area contributed by atoms with Crippen LogP contribution in [0.25, 0.3) is 0 Å². The summed E-state index contributed by atoms with van der Waals surface area (Å²) in [5.41, 5.74) is 6.48. The lowest BCUT2D eigenvalue weighted by Crippen LogP contribution is -2.37.